The molecule has 1 heterocycles. The lowest BCUT2D eigenvalue weighted by Gasteiger charge is -2.55. The van der Waals surface area contributed by atoms with Gasteiger partial charge < -0.3 is 23.8 Å². The SMILES string of the molecule is CC(C)(C)[Si](OC[C@H]1C[C@@H]2C[C@H]3C[C@H]4O[C@H]4C[C@H]3[C@H](O)[C@@H]2[C@H](O)[C@@H]1CO[Si](c1ccccc1)(c1ccccc1)C(C)(C)C)(c1ccccc1)c1ccccc1. The molecular formula is C48H62O5Si2. The summed E-state index contributed by atoms with van der Waals surface area (Å²) in [5, 5.41) is 29.7. The van der Waals surface area contributed by atoms with Gasteiger partial charge in [-0.1, -0.05) is 163 Å². The van der Waals surface area contributed by atoms with Crippen LogP contribution in [0.4, 0.5) is 0 Å². The molecule has 5 nitrogen and oxygen atoms in total. The summed E-state index contributed by atoms with van der Waals surface area (Å²) in [6.07, 6.45) is 3.29. The maximum absolute atomic E-state index is 12.8. The van der Waals surface area contributed by atoms with Crippen LogP contribution in [-0.2, 0) is 13.6 Å². The van der Waals surface area contributed by atoms with Crippen LogP contribution in [0.2, 0.25) is 10.1 Å². The Labute approximate surface area is 331 Å². The van der Waals surface area contributed by atoms with E-state index in [0.717, 1.165) is 25.7 Å². The molecule has 3 aliphatic carbocycles. The Balaban J connectivity index is 1.19. The molecule has 1 aliphatic heterocycles. The molecule has 55 heavy (non-hydrogen) atoms. The van der Waals surface area contributed by atoms with Crippen molar-refractivity contribution in [3.05, 3.63) is 121 Å². The van der Waals surface area contributed by atoms with Crippen LogP contribution in [0.25, 0.3) is 0 Å². The molecule has 4 aromatic rings. The van der Waals surface area contributed by atoms with Gasteiger partial charge in [0.05, 0.1) is 24.4 Å². The summed E-state index contributed by atoms with van der Waals surface area (Å²) in [6, 6.07) is 43.4. The van der Waals surface area contributed by atoms with E-state index in [1.807, 2.05) is 0 Å². The molecule has 0 amide bonds. The van der Waals surface area contributed by atoms with Crippen LogP contribution in [-0.4, -0.2) is 64.5 Å². The summed E-state index contributed by atoms with van der Waals surface area (Å²) >= 11 is 0. The molecule has 4 aromatic carbocycles. The second kappa shape index (κ2) is 15.1. The summed E-state index contributed by atoms with van der Waals surface area (Å²) < 4.78 is 21.4. The van der Waals surface area contributed by atoms with Crippen molar-refractivity contribution in [1.82, 2.24) is 0 Å². The molecule has 0 spiro atoms. The van der Waals surface area contributed by atoms with Crippen LogP contribution in [0.1, 0.15) is 67.2 Å². The molecule has 0 aromatic heterocycles. The molecule has 2 N–H and O–H groups in total. The Morgan fingerprint density at radius 1 is 0.527 bits per heavy atom. The lowest BCUT2D eigenvalue weighted by Crippen LogP contribution is -2.68. The summed E-state index contributed by atoms with van der Waals surface area (Å²) in [5.41, 5.74) is 0. The van der Waals surface area contributed by atoms with Gasteiger partial charge in [0, 0.05) is 25.0 Å². The Morgan fingerprint density at radius 3 is 1.38 bits per heavy atom. The highest BCUT2D eigenvalue weighted by atomic mass is 28.4. The van der Waals surface area contributed by atoms with Gasteiger partial charge in [-0.25, -0.2) is 0 Å². The van der Waals surface area contributed by atoms with Crippen LogP contribution in [0.15, 0.2) is 121 Å². The van der Waals surface area contributed by atoms with Crippen molar-refractivity contribution in [3.63, 3.8) is 0 Å². The molecule has 1 saturated heterocycles. The second-order valence-corrected chi connectivity index (χ2v) is 27.9. The molecule has 0 bridgehead atoms. The third-order valence-corrected chi connectivity index (χ3v) is 24.2. The predicted molar refractivity (Wildman–Crippen MR) is 227 cm³/mol. The number of rotatable bonds is 10. The number of hydrogen-bond acceptors (Lipinski definition) is 5. The van der Waals surface area contributed by atoms with Gasteiger partial charge in [0.1, 0.15) is 0 Å². The highest BCUT2D eigenvalue weighted by Gasteiger charge is 2.60. The van der Waals surface area contributed by atoms with Crippen LogP contribution in [0.3, 0.4) is 0 Å². The minimum Gasteiger partial charge on any atom is -0.407 e. The number of ether oxygens (including phenoxy) is 1. The van der Waals surface area contributed by atoms with E-state index in [4.69, 9.17) is 13.6 Å². The van der Waals surface area contributed by atoms with Gasteiger partial charge in [-0.15, -0.1) is 0 Å². The van der Waals surface area contributed by atoms with Gasteiger partial charge in [0.15, 0.2) is 0 Å². The molecule has 3 saturated carbocycles. The van der Waals surface area contributed by atoms with E-state index < -0.39 is 28.8 Å². The van der Waals surface area contributed by atoms with E-state index in [1.54, 1.807) is 0 Å². The highest BCUT2D eigenvalue weighted by Crippen LogP contribution is 2.56. The first-order chi connectivity index (χ1) is 26.3. The van der Waals surface area contributed by atoms with Crippen LogP contribution >= 0.6 is 0 Å². The van der Waals surface area contributed by atoms with E-state index >= 15 is 0 Å². The van der Waals surface area contributed by atoms with Gasteiger partial charge in [0.2, 0.25) is 0 Å². The second-order valence-electron chi connectivity index (χ2n) is 19.3. The molecule has 0 unspecified atom stereocenters. The van der Waals surface area contributed by atoms with Crippen molar-refractivity contribution in [2.75, 3.05) is 13.2 Å². The summed E-state index contributed by atoms with van der Waals surface area (Å²) in [6.45, 7) is 14.9. The van der Waals surface area contributed by atoms with Gasteiger partial charge >= 0.3 is 0 Å². The van der Waals surface area contributed by atoms with E-state index in [-0.39, 0.29) is 45.8 Å². The van der Waals surface area contributed by atoms with E-state index in [0.29, 0.717) is 25.2 Å². The van der Waals surface area contributed by atoms with Crippen LogP contribution in [0, 0.1) is 35.5 Å². The van der Waals surface area contributed by atoms with Crippen molar-refractivity contribution >= 4 is 37.4 Å². The van der Waals surface area contributed by atoms with Crippen molar-refractivity contribution < 1.29 is 23.8 Å². The van der Waals surface area contributed by atoms with Gasteiger partial charge in [-0.3, -0.25) is 0 Å². The zero-order chi connectivity index (χ0) is 38.6. The number of benzene rings is 4. The fraction of sp³-hybridized carbons (Fsp3) is 0.500. The monoisotopic (exact) mass is 774 g/mol. The minimum atomic E-state index is -2.90. The Morgan fingerprint density at radius 2 is 0.945 bits per heavy atom. The molecule has 10 atom stereocenters. The molecular weight excluding hydrogens is 713 g/mol. The lowest BCUT2D eigenvalue weighted by molar-refractivity contribution is -0.160. The Bertz CT molecular complexity index is 1780. The molecule has 0 radical (unpaired) electrons. The largest absolute Gasteiger partial charge is 0.407 e. The molecule has 8 rings (SSSR count). The smallest absolute Gasteiger partial charge is 0.261 e. The van der Waals surface area contributed by atoms with E-state index in [1.165, 1.54) is 20.7 Å². The van der Waals surface area contributed by atoms with Crippen molar-refractivity contribution in [1.29, 1.82) is 0 Å². The number of fused-ring (bicyclic) bond motifs is 3. The molecule has 7 heteroatoms. The number of hydrogen-bond donors (Lipinski definition) is 2. The fourth-order valence-corrected chi connectivity index (χ4v) is 20.8. The molecule has 4 fully saturated rings. The lowest BCUT2D eigenvalue weighted by atomic mass is 9.54. The average molecular weight is 775 g/mol. The maximum atomic E-state index is 12.8. The van der Waals surface area contributed by atoms with Crippen molar-refractivity contribution in [2.45, 2.75) is 102 Å². The topological polar surface area (TPSA) is 71.5 Å². The average Bonchev–Trinajstić information content (AvgIpc) is 3.94. The third kappa shape index (κ3) is 6.96. The summed E-state index contributed by atoms with van der Waals surface area (Å²) in [4.78, 5) is 0. The Kier molecular flexibility index (Phi) is 10.7. The molecule has 292 valence electrons. The first kappa shape index (κ1) is 39.0. The zero-order valence-corrected chi connectivity index (χ0v) is 35.7. The van der Waals surface area contributed by atoms with E-state index in [2.05, 4.69) is 163 Å². The van der Waals surface area contributed by atoms with Crippen molar-refractivity contribution in [2.24, 2.45) is 35.5 Å². The van der Waals surface area contributed by atoms with Gasteiger partial charge in [-0.2, -0.15) is 0 Å². The normalized spacial score (nSPS) is 30.8. The standard InChI is InChI=1S/C48H62O5Si2/c1-47(2,3)54(36-19-11-7-12-20-36,37-21-13-8-14-22-37)51-31-35-28-34-27-33-29-42-43(53-42)30-40(33)45(49)44(34)46(50)41(35)32-52-55(48(4,5)6,38-23-15-9-16-24-38)39-25-17-10-18-26-39/h7-26,33-35,40-46,49-50H,27-32H2,1-6H3/t33-,34-,35+,40+,41+,42+,43-,44+,45-,46+/m0/s1. The summed E-state index contributed by atoms with van der Waals surface area (Å²) in [7, 11) is -5.75. The quantitative estimate of drug-likeness (QED) is 0.135. The fourth-order valence-electron chi connectivity index (χ4n) is 11.6. The first-order valence-corrected chi connectivity index (χ1v) is 24.7. The number of aliphatic hydroxyl groups excluding tert-OH is 2. The highest BCUT2D eigenvalue weighted by molar-refractivity contribution is 7.00. The van der Waals surface area contributed by atoms with Crippen LogP contribution < -0.4 is 20.7 Å². The van der Waals surface area contributed by atoms with E-state index in [9.17, 15) is 10.2 Å². The maximum Gasteiger partial charge on any atom is 0.261 e. The number of aliphatic hydroxyl groups is 2. The third-order valence-electron chi connectivity index (χ3n) is 14.2. The van der Waals surface area contributed by atoms with Crippen molar-refractivity contribution in [3.8, 4) is 0 Å². The first-order valence-electron chi connectivity index (χ1n) is 20.9. The van der Waals surface area contributed by atoms with Gasteiger partial charge in [0.25, 0.3) is 16.6 Å². The number of epoxide rings is 1. The van der Waals surface area contributed by atoms with Gasteiger partial charge in [-0.05, 0) is 80.2 Å². The Hall–Kier alpha value is -2.89. The summed E-state index contributed by atoms with van der Waals surface area (Å²) in [5.74, 6) is 0.499. The molecule has 4 aliphatic rings. The predicted octanol–water partition coefficient (Wildman–Crippen LogP) is 6.93. The zero-order valence-electron chi connectivity index (χ0n) is 33.7. The minimum absolute atomic E-state index is 0.0494. The van der Waals surface area contributed by atoms with Crippen LogP contribution in [0.5, 0.6) is 0 Å².